The largest absolute Gasteiger partial charge is 0.479 e. The maximum Gasteiger partial charge on any atom is 0.445 e. The molecule has 5 rings (SSSR count). The van der Waals surface area contributed by atoms with E-state index in [0.29, 0.717) is 33.7 Å². The predicted octanol–water partition coefficient (Wildman–Crippen LogP) is 6.21. The quantitative estimate of drug-likeness (QED) is 0.159. The van der Waals surface area contributed by atoms with Crippen molar-refractivity contribution in [1.82, 2.24) is 24.5 Å². The average molecular weight is 702 g/mol. The Balaban J connectivity index is 0.000000209. The van der Waals surface area contributed by atoms with Crippen LogP contribution < -0.4 is 20.1 Å². The first-order valence-electron chi connectivity index (χ1n) is 13.7. The van der Waals surface area contributed by atoms with Crippen LogP contribution in [0.4, 0.5) is 23.2 Å². The molecule has 0 N–H and O–H groups in total. The Morgan fingerprint density at radius 3 is 2.46 bits per heavy atom. The molecular weight excluding hydrogens is 675 g/mol. The summed E-state index contributed by atoms with van der Waals surface area (Å²) in [6, 6.07) is 8.13. The second-order valence-corrected chi connectivity index (χ2v) is 11.7. The van der Waals surface area contributed by atoms with Crippen molar-refractivity contribution < 1.29 is 31.8 Å². The normalized spacial score (nSPS) is 12.5. The van der Waals surface area contributed by atoms with Gasteiger partial charge in [0.05, 0.1) is 15.7 Å². The van der Waals surface area contributed by atoms with Crippen molar-refractivity contribution in [3.63, 3.8) is 0 Å². The van der Waals surface area contributed by atoms with Gasteiger partial charge in [-0.25, -0.2) is 9.18 Å². The first-order chi connectivity index (χ1) is 21.8. The van der Waals surface area contributed by atoms with Crippen molar-refractivity contribution in [2.75, 3.05) is 18.1 Å². The number of amides is 1. The molecule has 0 bridgehead atoms. The molecule has 0 saturated heterocycles. The van der Waals surface area contributed by atoms with Crippen LogP contribution in [0.5, 0.6) is 10.9 Å². The summed E-state index contributed by atoms with van der Waals surface area (Å²) in [7, 11) is 0. The van der Waals surface area contributed by atoms with E-state index in [2.05, 4.69) is 21.2 Å². The van der Waals surface area contributed by atoms with Gasteiger partial charge in [-0.15, -0.1) is 16.6 Å². The zero-order chi connectivity index (χ0) is 33.6. The van der Waals surface area contributed by atoms with Gasteiger partial charge in [-0.05, 0) is 57.0 Å². The van der Waals surface area contributed by atoms with Crippen molar-refractivity contribution in [2.45, 2.75) is 51.9 Å². The fraction of sp³-hybridized carbons (Fsp3) is 0.345. The molecule has 0 atom stereocenters. The van der Waals surface area contributed by atoms with Gasteiger partial charge in [-0.2, -0.15) is 17.9 Å². The zero-order valence-electron chi connectivity index (χ0n) is 24.4. The summed E-state index contributed by atoms with van der Waals surface area (Å²) in [4.78, 5) is 26.1. The molecule has 1 amide bonds. The van der Waals surface area contributed by atoms with E-state index < -0.39 is 29.5 Å². The van der Waals surface area contributed by atoms with Crippen molar-refractivity contribution in [3.8, 4) is 29.0 Å². The van der Waals surface area contributed by atoms with Crippen LogP contribution in [0, 0.1) is 18.2 Å². The summed E-state index contributed by atoms with van der Waals surface area (Å²) in [5.41, 5.74) is 0.681. The average Bonchev–Trinajstić information content (AvgIpc) is 3.62. The predicted molar refractivity (Wildman–Crippen MR) is 165 cm³/mol. The lowest BCUT2D eigenvalue weighted by Crippen LogP contribution is -2.40. The van der Waals surface area contributed by atoms with Gasteiger partial charge in [-0.1, -0.05) is 45.6 Å². The molecule has 17 heteroatoms. The van der Waals surface area contributed by atoms with Crippen LogP contribution in [0.3, 0.4) is 0 Å². The SMILES string of the molecule is C#CCOc1cc(-n2nc3n(c2=O)CCCC3)c(Cl)cc1Cl.CC(C)N(C(=O)COc1nnc(C(F)(F)F)s1)c1ccc(F)cc1. The van der Waals surface area contributed by atoms with Crippen molar-refractivity contribution in [2.24, 2.45) is 0 Å². The monoisotopic (exact) mass is 700 g/mol. The Kier molecular flexibility index (Phi) is 11.3. The lowest BCUT2D eigenvalue weighted by molar-refractivity contribution is -0.138. The number of ether oxygens (including phenoxy) is 2. The van der Waals surface area contributed by atoms with Gasteiger partial charge < -0.3 is 14.4 Å². The second kappa shape index (κ2) is 15.0. The number of fused-ring (bicyclic) bond motifs is 1. The number of anilines is 1. The maximum absolute atomic E-state index is 13.0. The molecule has 2 aromatic carbocycles. The van der Waals surface area contributed by atoms with E-state index in [4.69, 9.17) is 39.1 Å². The Labute approximate surface area is 274 Å². The van der Waals surface area contributed by atoms with Crippen LogP contribution in [-0.2, 0) is 23.9 Å². The third-order valence-electron chi connectivity index (χ3n) is 6.37. The minimum atomic E-state index is -4.61. The summed E-state index contributed by atoms with van der Waals surface area (Å²) in [5, 5.41) is 9.76. The number of aryl methyl sites for hydroxylation is 1. The fourth-order valence-electron chi connectivity index (χ4n) is 4.37. The number of benzene rings is 2. The maximum atomic E-state index is 13.0. The van der Waals surface area contributed by atoms with E-state index in [1.54, 1.807) is 24.5 Å². The van der Waals surface area contributed by atoms with E-state index in [-0.39, 0.29) is 34.9 Å². The highest BCUT2D eigenvalue weighted by Crippen LogP contribution is 2.34. The van der Waals surface area contributed by atoms with Gasteiger partial charge in [0.1, 0.15) is 24.0 Å². The number of alkyl halides is 3. The number of carbonyl (C=O) groups is 1. The van der Waals surface area contributed by atoms with Crippen LogP contribution in [-0.4, -0.2) is 49.7 Å². The summed E-state index contributed by atoms with van der Waals surface area (Å²) in [5.74, 6) is 2.57. The van der Waals surface area contributed by atoms with Gasteiger partial charge in [0.25, 0.3) is 11.1 Å². The third kappa shape index (κ3) is 8.36. The van der Waals surface area contributed by atoms with Gasteiger partial charge in [-0.3, -0.25) is 9.36 Å². The van der Waals surface area contributed by atoms with Crippen molar-refractivity contribution in [1.29, 1.82) is 0 Å². The molecule has 1 aliphatic heterocycles. The summed E-state index contributed by atoms with van der Waals surface area (Å²) in [6.07, 6.45) is 3.36. The number of hydrogen-bond acceptors (Lipinski definition) is 8. The molecule has 0 saturated carbocycles. The Morgan fingerprint density at radius 1 is 1.13 bits per heavy atom. The van der Waals surface area contributed by atoms with Crippen molar-refractivity contribution >= 4 is 46.1 Å². The van der Waals surface area contributed by atoms with E-state index in [9.17, 15) is 27.2 Å². The Morgan fingerprint density at radius 2 is 1.85 bits per heavy atom. The highest BCUT2D eigenvalue weighted by atomic mass is 35.5. The summed E-state index contributed by atoms with van der Waals surface area (Å²) in [6.45, 7) is 3.74. The molecule has 2 aromatic heterocycles. The van der Waals surface area contributed by atoms with Gasteiger partial charge >= 0.3 is 11.9 Å². The topological polar surface area (TPSA) is 104 Å². The summed E-state index contributed by atoms with van der Waals surface area (Å²) >= 11 is 12.5. The zero-order valence-corrected chi connectivity index (χ0v) is 26.7. The van der Waals surface area contributed by atoms with E-state index in [1.165, 1.54) is 39.9 Å². The molecule has 0 radical (unpaired) electrons. The minimum Gasteiger partial charge on any atom is -0.479 e. The molecule has 1 aliphatic rings. The standard InChI is InChI=1S/C15H13Cl2N3O2.C14H13F4N3O2S/c1-2-7-22-13-9-12(10(16)8-11(13)17)20-15(21)19-6-4-3-5-14(19)18-20;1-8(2)21(10-5-3-9(15)4-6-10)11(22)7-23-13-20-19-12(24-13)14(16,17)18/h1,8-9H,3-7H2;3-6,8H,7H2,1-2H3. The van der Waals surface area contributed by atoms with Crippen LogP contribution in [0.25, 0.3) is 5.69 Å². The van der Waals surface area contributed by atoms with Gasteiger partial charge in [0.15, 0.2) is 6.61 Å². The number of hydrogen-bond donors (Lipinski definition) is 0. The molecule has 0 fully saturated rings. The molecule has 46 heavy (non-hydrogen) atoms. The Bertz CT molecular complexity index is 1780. The van der Waals surface area contributed by atoms with Crippen LogP contribution in [0.2, 0.25) is 10.0 Å². The second-order valence-electron chi connectivity index (χ2n) is 9.94. The molecule has 4 aromatic rings. The molecule has 3 heterocycles. The number of rotatable bonds is 8. The van der Waals surface area contributed by atoms with Crippen LogP contribution >= 0.6 is 34.5 Å². The molecule has 244 valence electrons. The fourth-order valence-corrected chi connectivity index (χ4v) is 5.45. The molecule has 0 unspecified atom stereocenters. The van der Waals surface area contributed by atoms with E-state index in [0.717, 1.165) is 25.1 Å². The number of halogens is 6. The Hall–Kier alpha value is -4.13. The molecule has 0 aliphatic carbocycles. The van der Waals surface area contributed by atoms with Crippen LogP contribution in [0.15, 0.2) is 41.2 Å². The van der Waals surface area contributed by atoms with Gasteiger partial charge in [0, 0.05) is 30.8 Å². The van der Waals surface area contributed by atoms with E-state index in [1.807, 2.05) is 0 Å². The number of carbonyl (C=O) groups excluding carboxylic acids is 1. The number of aromatic nitrogens is 5. The lowest BCUT2D eigenvalue weighted by Gasteiger charge is -2.26. The first-order valence-corrected chi connectivity index (χ1v) is 15.2. The number of nitrogens with zero attached hydrogens (tertiary/aromatic N) is 6. The van der Waals surface area contributed by atoms with Crippen LogP contribution in [0.1, 0.15) is 37.5 Å². The number of terminal acetylenes is 1. The first kappa shape index (κ1) is 34.7. The smallest absolute Gasteiger partial charge is 0.445 e. The highest BCUT2D eigenvalue weighted by Gasteiger charge is 2.36. The van der Waals surface area contributed by atoms with Crippen molar-refractivity contribution in [3.05, 3.63) is 73.6 Å². The minimum absolute atomic E-state index is 0.0788. The van der Waals surface area contributed by atoms with E-state index >= 15 is 0 Å². The molecular formula is C29H26Cl2F4N6O4S. The molecule has 10 nitrogen and oxygen atoms in total. The lowest BCUT2D eigenvalue weighted by atomic mass is 10.2. The summed E-state index contributed by atoms with van der Waals surface area (Å²) < 4.78 is 63.6. The highest BCUT2D eigenvalue weighted by molar-refractivity contribution is 7.13. The van der Waals surface area contributed by atoms with Gasteiger partial charge in [0.2, 0.25) is 5.01 Å². The molecule has 0 spiro atoms. The third-order valence-corrected chi connectivity index (χ3v) is 7.85.